The van der Waals surface area contributed by atoms with E-state index in [1.54, 1.807) is 27.7 Å². The van der Waals surface area contributed by atoms with E-state index in [2.05, 4.69) is 6.58 Å². The van der Waals surface area contributed by atoms with Crippen molar-refractivity contribution < 1.29 is 43.6 Å². The normalized spacial score (nSPS) is 26.8. The van der Waals surface area contributed by atoms with E-state index in [1.165, 1.54) is 26.2 Å². The lowest BCUT2D eigenvalue weighted by atomic mass is 9.63. The van der Waals surface area contributed by atoms with Crippen LogP contribution in [0.5, 0.6) is 0 Å². The molecule has 0 aromatic heterocycles. The number of esters is 3. The van der Waals surface area contributed by atoms with E-state index in [4.69, 9.17) is 14.2 Å². The van der Waals surface area contributed by atoms with Gasteiger partial charge in [0, 0.05) is 5.57 Å². The Labute approximate surface area is 285 Å². The van der Waals surface area contributed by atoms with E-state index in [0.29, 0.717) is 24.2 Å². The van der Waals surface area contributed by atoms with Crippen LogP contribution >= 0.6 is 0 Å². The Morgan fingerprint density at radius 3 is 2.17 bits per heavy atom. The first-order chi connectivity index (χ1) is 22.5. The number of aliphatic hydroxyl groups is 1. The summed E-state index contributed by atoms with van der Waals surface area (Å²) in [5, 5.41) is 21.1. The molecule has 48 heavy (non-hydrogen) atoms. The number of fused-ring (bicyclic) bond motifs is 5. The number of carboxylic acid groups (broad SMARTS) is 1. The van der Waals surface area contributed by atoms with E-state index in [1.807, 2.05) is 37.3 Å². The van der Waals surface area contributed by atoms with Crippen molar-refractivity contribution in [3.63, 3.8) is 0 Å². The predicted molar refractivity (Wildman–Crippen MR) is 181 cm³/mol. The van der Waals surface area contributed by atoms with E-state index in [9.17, 15) is 29.4 Å². The molecule has 3 aliphatic carbocycles. The van der Waals surface area contributed by atoms with Gasteiger partial charge in [-0.3, -0.25) is 14.4 Å². The van der Waals surface area contributed by atoms with Gasteiger partial charge in [-0.05, 0) is 121 Å². The van der Waals surface area contributed by atoms with Crippen LogP contribution in [0.15, 0.2) is 42.5 Å². The maximum Gasteiger partial charge on any atom is 0.333 e. The van der Waals surface area contributed by atoms with Crippen LogP contribution in [0.25, 0.3) is 0 Å². The van der Waals surface area contributed by atoms with Crippen molar-refractivity contribution >= 4 is 23.9 Å². The van der Waals surface area contributed by atoms with Crippen molar-refractivity contribution in [3.8, 4) is 0 Å². The largest absolute Gasteiger partial charge is 0.481 e. The third-order valence-electron chi connectivity index (χ3n) is 11.4. The Kier molecular flexibility index (Phi) is 11.9. The smallest absolute Gasteiger partial charge is 0.333 e. The van der Waals surface area contributed by atoms with Crippen molar-refractivity contribution in [2.75, 3.05) is 13.2 Å². The van der Waals surface area contributed by atoms with Crippen molar-refractivity contribution in [3.05, 3.63) is 48.0 Å². The molecule has 0 spiro atoms. The second-order valence-electron chi connectivity index (χ2n) is 16.1. The molecule has 0 heterocycles. The van der Waals surface area contributed by atoms with E-state index < -0.39 is 59.4 Å². The lowest BCUT2D eigenvalue weighted by molar-refractivity contribution is -0.173. The predicted octanol–water partition coefficient (Wildman–Crippen LogP) is 6.87. The average molecular weight is 669 g/mol. The topological polar surface area (TPSA) is 136 Å². The van der Waals surface area contributed by atoms with Gasteiger partial charge in [0.25, 0.3) is 0 Å². The average Bonchev–Trinajstić information content (AvgIpc) is 3.76. The van der Waals surface area contributed by atoms with Crippen molar-refractivity contribution in [1.29, 1.82) is 0 Å². The second kappa shape index (κ2) is 15.1. The molecular weight excluding hydrogens is 612 g/mol. The van der Waals surface area contributed by atoms with Crippen LogP contribution in [0, 0.1) is 39.9 Å². The summed E-state index contributed by atoms with van der Waals surface area (Å²) in [6.07, 6.45) is 5.12. The quantitative estimate of drug-likeness (QED) is 0.104. The number of hydrogen-bond acceptors (Lipinski definition) is 8. The van der Waals surface area contributed by atoms with Gasteiger partial charge < -0.3 is 24.4 Å². The highest BCUT2D eigenvalue weighted by atomic mass is 16.6. The summed E-state index contributed by atoms with van der Waals surface area (Å²) in [6.45, 7) is 12.9. The summed E-state index contributed by atoms with van der Waals surface area (Å²) in [4.78, 5) is 52.7. The van der Waals surface area contributed by atoms with Crippen LogP contribution in [0.1, 0.15) is 111 Å². The molecule has 3 fully saturated rings. The maximum atomic E-state index is 14.0. The molecule has 2 bridgehead atoms. The number of aliphatic hydroxyl groups excluding tert-OH is 1. The van der Waals surface area contributed by atoms with Crippen LogP contribution in [0.4, 0.5) is 0 Å². The number of rotatable bonds is 17. The molecular formula is C39H56O9. The van der Waals surface area contributed by atoms with Gasteiger partial charge in [0.1, 0.15) is 25.4 Å². The summed E-state index contributed by atoms with van der Waals surface area (Å²) in [5.74, 6) is -0.550. The molecule has 0 amide bonds. The Morgan fingerprint density at radius 1 is 0.896 bits per heavy atom. The summed E-state index contributed by atoms with van der Waals surface area (Å²) in [5.41, 5.74) is -2.75. The highest BCUT2D eigenvalue weighted by Crippen LogP contribution is 2.60. The van der Waals surface area contributed by atoms with Gasteiger partial charge in [-0.25, -0.2) is 4.79 Å². The van der Waals surface area contributed by atoms with E-state index >= 15 is 0 Å². The minimum Gasteiger partial charge on any atom is -0.481 e. The first-order valence-corrected chi connectivity index (χ1v) is 17.7. The number of carbonyl (C=O) groups excluding carboxylic acids is 3. The fraction of sp³-hybridized carbons (Fsp3) is 0.692. The monoisotopic (exact) mass is 668 g/mol. The van der Waals surface area contributed by atoms with Gasteiger partial charge >= 0.3 is 23.9 Å². The Morgan fingerprint density at radius 2 is 1.54 bits per heavy atom. The molecule has 0 saturated heterocycles. The molecule has 9 atom stereocenters. The first-order valence-electron chi connectivity index (χ1n) is 17.7. The molecule has 2 N–H and O–H groups in total. The molecule has 9 unspecified atom stereocenters. The zero-order valence-electron chi connectivity index (χ0n) is 29.7. The van der Waals surface area contributed by atoms with Crippen LogP contribution in [-0.4, -0.2) is 59.5 Å². The molecule has 4 rings (SSSR count). The number of hydrogen-bond donors (Lipinski definition) is 2. The molecule has 0 aliphatic heterocycles. The molecule has 3 aliphatic rings. The lowest BCUT2D eigenvalue weighted by Gasteiger charge is -2.41. The minimum absolute atomic E-state index is 0.0176. The molecule has 3 saturated carbocycles. The van der Waals surface area contributed by atoms with Gasteiger partial charge in [-0.2, -0.15) is 0 Å². The minimum atomic E-state index is -1.44. The SMILES string of the molecule is C=C(C)C(=O)OCC(O)COC(=O)C(C)(CC(C)(C)C(=O)OC1CC2CC1C1CCCC21)CC(C)(CC(CC)c1ccccc1)C(=O)O. The van der Waals surface area contributed by atoms with E-state index in [-0.39, 0.29) is 36.9 Å². The molecule has 1 aromatic rings. The Hall–Kier alpha value is -3.20. The molecule has 0 radical (unpaired) electrons. The highest BCUT2D eigenvalue weighted by Gasteiger charge is 2.56. The summed E-state index contributed by atoms with van der Waals surface area (Å²) < 4.78 is 16.8. The third-order valence-corrected chi connectivity index (χ3v) is 11.4. The number of carbonyl (C=O) groups is 4. The van der Waals surface area contributed by atoms with Gasteiger partial charge in [0.15, 0.2) is 0 Å². The van der Waals surface area contributed by atoms with Gasteiger partial charge in [-0.15, -0.1) is 0 Å². The second-order valence-corrected chi connectivity index (χ2v) is 16.1. The number of aliphatic carboxylic acids is 1. The highest BCUT2D eigenvalue weighted by molar-refractivity contribution is 5.87. The maximum absolute atomic E-state index is 14.0. The standard InChI is InChI=1S/C39H56O9/c1-8-25(26-13-10-9-11-14-26)19-38(6,34(42)43)23-39(7,36(45)47-21-28(40)20-46-33(41)24(2)3)22-37(4,5)35(44)48-32-18-27-17-31(32)30-16-12-15-29(27)30/h9-11,13-14,25,27-32,40H,2,8,12,15-23H2,1,3-7H3,(H,42,43). The summed E-state index contributed by atoms with van der Waals surface area (Å²) >= 11 is 0. The van der Waals surface area contributed by atoms with Crippen molar-refractivity contribution in [2.24, 2.45) is 39.9 Å². The number of benzene rings is 1. The van der Waals surface area contributed by atoms with Gasteiger partial charge in [-0.1, -0.05) is 50.3 Å². The Balaban J connectivity index is 1.54. The molecule has 266 valence electrons. The summed E-state index contributed by atoms with van der Waals surface area (Å²) in [6, 6.07) is 9.72. The zero-order chi connectivity index (χ0) is 35.4. The van der Waals surface area contributed by atoms with Gasteiger partial charge in [0.05, 0.1) is 16.2 Å². The fourth-order valence-electron chi connectivity index (χ4n) is 9.24. The van der Waals surface area contributed by atoms with Crippen LogP contribution in [0.2, 0.25) is 0 Å². The van der Waals surface area contributed by atoms with Crippen molar-refractivity contribution in [2.45, 2.75) is 117 Å². The lowest BCUT2D eigenvalue weighted by Crippen LogP contribution is -2.46. The molecule has 1 aromatic carbocycles. The number of carboxylic acids is 1. The van der Waals surface area contributed by atoms with E-state index in [0.717, 1.165) is 24.3 Å². The zero-order valence-corrected chi connectivity index (χ0v) is 29.7. The third kappa shape index (κ3) is 8.50. The Bertz CT molecular complexity index is 1340. The van der Waals surface area contributed by atoms with Crippen LogP contribution < -0.4 is 0 Å². The molecule has 9 heteroatoms. The molecule has 9 nitrogen and oxygen atoms in total. The first kappa shape index (κ1) is 37.6. The fourth-order valence-corrected chi connectivity index (χ4v) is 9.24. The van der Waals surface area contributed by atoms with Crippen LogP contribution in [0.3, 0.4) is 0 Å². The van der Waals surface area contributed by atoms with Gasteiger partial charge in [0.2, 0.25) is 0 Å². The summed E-state index contributed by atoms with van der Waals surface area (Å²) in [7, 11) is 0. The number of ether oxygens (including phenoxy) is 3. The van der Waals surface area contributed by atoms with Crippen molar-refractivity contribution in [1.82, 2.24) is 0 Å². The van der Waals surface area contributed by atoms with Crippen LogP contribution in [-0.2, 0) is 33.4 Å².